The highest BCUT2D eigenvalue weighted by Gasteiger charge is 1.95. The third-order valence-corrected chi connectivity index (χ3v) is 1.82. The maximum Gasteiger partial charge on any atom is 0.195 e. The second-order valence-electron chi connectivity index (χ2n) is 2.90. The molecule has 0 amide bonds. The SMILES string of the molecule is C1CCCCC1.COC(C)F. The summed E-state index contributed by atoms with van der Waals surface area (Å²) >= 11 is 0. The van der Waals surface area contributed by atoms with Crippen LogP contribution in [0.3, 0.4) is 0 Å². The molecule has 11 heavy (non-hydrogen) atoms. The van der Waals surface area contributed by atoms with Crippen molar-refractivity contribution in [3.8, 4) is 0 Å². The third kappa shape index (κ3) is 9.89. The Morgan fingerprint density at radius 3 is 1.27 bits per heavy atom. The van der Waals surface area contributed by atoms with Crippen LogP contribution in [0.4, 0.5) is 4.39 Å². The van der Waals surface area contributed by atoms with Crippen LogP contribution in [-0.4, -0.2) is 13.5 Å². The Bertz CT molecular complexity index is 58.5. The standard InChI is InChI=1S/C6H12.C3H7FO/c1-2-4-6-5-3-1;1-3(4)5-2/h1-6H2;3H,1-2H3. The first-order valence-corrected chi connectivity index (χ1v) is 4.44. The minimum atomic E-state index is -1.12. The highest BCUT2D eigenvalue weighted by atomic mass is 19.1. The van der Waals surface area contributed by atoms with Crippen molar-refractivity contribution >= 4 is 0 Å². The van der Waals surface area contributed by atoms with E-state index in [1.54, 1.807) is 0 Å². The summed E-state index contributed by atoms with van der Waals surface area (Å²) < 4.78 is 15.3. The number of hydrogen-bond donors (Lipinski definition) is 0. The van der Waals surface area contributed by atoms with E-state index in [-0.39, 0.29) is 0 Å². The Balaban J connectivity index is 0.000000187. The Kier molecular flexibility index (Phi) is 7.91. The van der Waals surface area contributed by atoms with Gasteiger partial charge in [0.25, 0.3) is 0 Å². The first kappa shape index (κ1) is 10.9. The van der Waals surface area contributed by atoms with E-state index in [0.29, 0.717) is 0 Å². The molecule has 1 rings (SSSR count). The van der Waals surface area contributed by atoms with Gasteiger partial charge in [0.05, 0.1) is 0 Å². The van der Waals surface area contributed by atoms with Crippen LogP contribution in [0.1, 0.15) is 45.4 Å². The molecule has 0 heterocycles. The summed E-state index contributed by atoms with van der Waals surface area (Å²) in [4.78, 5) is 0. The predicted octanol–water partition coefficient (Wildman–Crippen LogP) is 3.29. The van der Waals surface area contributed by atoms with Crippen molar-refractivity contribution in [2.24, 2.45) is 0 Å². The zero-order valence-electron chi connectivity index (χ0n) is 7.61. The Labute approximate surface area is 68.9 Å². The van der Waals surface area contributed by atoms with Crippen LogP contribution in [0, 0.1) is 0 Å². The number of methoxy groups -OCH3 is 1. The molecule has 1 fully saturated rings. The van der Waals surface area contributed by atoms with Crippen LogP contribution < -0.4 is 0 Å². The van der Waals surface area contributed by atoms with Crippen LogP contribution in [0.5, 0.6) is 0 Å². The molecule has 1 atom stereocenters. The fourth-order valence-electron chi connectivity index (χ4n) is 1.06. The van der Waals surface area contributed by atoms with Crippen molar-refractivity contribution in [2.75, 3.05) is 7.11 Å². The summed E-state index contributed by atoms with van der Waals surface area (Å²) in [7, 11) is 1.32. The summed E-state index contributed by atoms with van der Waals surface area (Å²) in [5.41, 5.74) is 0. The summed E-state index contributed by atoms with van der Waals surface area (Å²) in [5.74, 6) is 0. The molecule has 1 saturated carbocycles. The molecule has 2 heteroatoms. The van der Waals surface area contributed by atoms with Gasteiger partial charge in [0.15, 0.2) is 6.36 Å². The van der Waals surface area contributed by atoms with E-state index >= 15 is 0 Å². The maximum atomic E-state index is 11.2. The molecule has 68 valence electrons. The molecule has 0 aromatic carbocycles. The van der Waals surface area contributed by atoms with Crippen molar-refractivity contribution in [3.05, 3.63) is 0 Å². The van der Waals surface area contributed by atoms with Gasteiger partial charge >= 0.3 is 0 Å². The zero-order chi connectivity index (χ0) is 8.53. The first-order valence-electron chi connectivity index (χ1n) is 4.44. The highest BCUT2D eigenvalue weighted by molar-refractivity contribution is 4.51. The van der Waals surface area contributed by atoms with Crippen LogP contribution in [0.25, 0.3) is 0 Å². The average Bonchev–Trinajstić information content (AvgIpc) is 2.09. The molecule has 0 spiro atoms. The number of ether oxygens (including phenoxy) is 1. The molecule has 0 radical (unpaired) electrons. The van der Waals surface area contributed by atoms with Gasteiger partial charge in [-0.15, -0.1) is 0 Å². The number of rotatable bonds is 1. The van der Waals surface area contributed by atoms with E-state index < -0.39 is 6.36 Å². The van der Waals surface area contributed by atoms with Gasteiger partial charge in [-0.1, -0.05) is 38.5 Å². The smallest absolute Gasteiger partial charge is 0.195 e. The topological polar surface area (TPSA) is 9.23 Å². The van der Waals surface area contributed by atoms with Crippen LogP contribution >= 0.6 is 0 Å². The Morgan fingerprint density at radius 1 is 1.00 bits per heavy atom. The normalized spacial score (nSPS) is 19.9. The van der Waals surface area contributed by atoms with Crippen LogP contribution in [0.15, 0.2) is 0 Å². The second-order valence-corrected chi connectivity index (χ2v) is 2.90. The van der Waals surface area contributed by atoms with Crippen molar-refractivity contribution in [1.82, 2.24) is 0 Å². The van der Waals surface area contributed by atoms with E-state index in [2.05, 4.69) is 4.74 Å². The molecular formula is C9H19FO. The molecule has 0 aromatic rings. The van der Waals surface area contributed by atoms with Crippen LogP contribution in [0.2, 0.25) is 0 Å². The lowest BCUT2D eigenvalue weighted by Gasteiger charge is -2.05. The van der Waals surface area contributed by atoms with Gasteiger partial charge in [-0.05, 0) is 6.92 Å². The van der Waals surface area contributed by atoms with E-state index in [4.69, 9.17) is 0 Å². The minimum Gasteiger partial charge on any atom is -0.352 e. The summed E-state index contributed by atoms with van der Waals surface area (Å²) in [6, 6.07) is 0. The van der Waals surface area contributed by atoms with Crippen LogP contribution in [-0.2, 0) is 4.74 Å². The monoisotopic (exact) mass is 162 g/mol. The van der Waals surface area contributed by atoms with Gasteiger partial charge in [0.1, 0.15) is 0 Å². The second kappa shape index (κ2) is 7.99. The van der Waals surface area contributed by atoms with Crippen molar-refractivity contribution in [3.63, 3.8) is 0 Å². The Morgan fingerprint density at radius 2 is 1.18 bits per heavy atom. The molecular weight excluding hydrogens is 143 g/mol. The molecule has 0 saturated heterocycles. The average molecular weight is 162 g/mol. The molecule has 0 N–H and O–H groups in total. The lowest BCUT2D eigenvalue weighted by molar-refractivity contribution is 0.0113. The van der Waals surface area contributed by atoms with Crippen molar-refractivity contribution < 1.29 is 9.13 Å². The zero-order valence-corrected chi connectivity index (χ0v) is 7.61. The fraction of sp³-hybridized carbons (Fsp3) is 1.00. The van der Waals surface area contributed by atoms with Gasteiger partial charge in [0, 0.05) is 7.11 Å². The first-order chi connectivity index (χ1) is 5.27. The predicted molar refractivity (Wildman–Crippen MR) is 45.3 cm³/mol. The number of hydrogen-bond acceptors (Lipinski definition) is 1. The van der Waals surface area contributed by atoms with Gasteiger partial charge < -0.3 is 4.74 Å². The van der Waals surface area contributed by atoms with E-state index in [1.807, 2.05) is 0 Å². The lowest BCUT2D eigenvalue weighted by Crippen LogP contribution is -1.91. The molecule has 1 aliphatic rings. The van der Waals surface area contributed by atoms with E-state index in [0.717, 1.165) is 0 Å². The summed E-state index contributed by atoms with van der Waals surface area (Å²) in [5, 5.41) is 0. The number of halogens is 1. The van der Waals surface area contributed by atoms with Gasteiger partial charge in [-0.2, -0.15) is 0 Å². The van der Waals surface area contributed by atoms with Gasteiger partial charge in [-0.3, -0.25) is 0 Å². The highest BCUT2D eigenvalue weighted by Crippen LogP contribution is 2.15. The lowest BCUT2D eigenvalue weighted by atomic mass is 10.0. The third-order valence-electron chi connectivity index (χ3n) is 1.82. The Hall–Kier alpha value is -0.110. The maximum absolute atomic E-state index is 11.2. The summed E-state index contributed by atoms with van der Waals surface area (Å²) in [6.45, 7) is 1.33. The van der Waals surface area contributed by atoms with Crippen molar-refractivity contribution in [2.45, 2.75) is 51.8 Å². The van der Waals surface area contributed by atoms with E-state index in [1.165, 1.54) is 52.6 Å². The molecule has 0 aliphatic heterocycles. The van der Waals surface area contributed by atoms with Crippen molar-refractivity contribution in [1.29, 1.82) is 0 Å². The quantitative estimate of drug-likeness (QED) is 0.575. The molecule has 0 bridgehead atoms. The fourth-order valence-corrected chi connectivity index (χ4v) is 1.06. The molecule has 0 aromatic heterocycles. The molecule has 1 unspecified atom stereocenters. The van der Waals surface area contributed by atoms with Gasteiger partial charge in [0.2, 0.25) is 0 Å². The molecule has 1 aliphatic carbocycles. The minimum absolute atomic E-state index is 1.12. The summed E-state index contributed by atoms with van der Waals surface area (Å²) in [6.07, 6.45) is 7.88. The van der Waals surface area contributed by atoms with E-state index in [9.17, 15) is 4.39 Å². The number of alkyl halides is 1. The van der Waals surface area contributed by atoms with Gasteiger partial charge in [-0.25, -0.2) is 4.39 Å². The largest absolute Gasteiger partial charge is 0.352 e. The molecule has 1 nitrogen and oxygen atoms in total.